The number of aliphatic hydroxyl groups is 1. The molecule has 0 spiro atoms. The van der Waals surface area contributed by atoms with Gasteiger partial charge in [0.1, 0.15) is 5.82 Å². The molecule has 124 valence electrons. The number of aromatic nitrogens is 1. The predicted octanol–water partition coefficient (Wildman–Crippen LogP) is 2.79. The summed E-state index contributed by atoms with van der Waals surface area (Å²) in [5.41, 5.74) is 1.45. The van der Waals surface area contributed by atoms with Gasteiger partial charge in [0.25, 0.3) is 0 Å². The molecular weight excluding hydrogens is 295 g/mol. The van der Waals surface area contributed by atoms with Crippen LogP contribution in [0.1, 0.15) is 24.2 Å². The van der Waals surface area contributed by atoms with E-state index in [1.54, 1.807) is 24.4 Å². The molecular formula is C18H23FN2O2. The van der Waals surface area contributed by atoms with Gasteiger partial charge in [-0.2, -0.15) is 0 Å². The summed E-state index contributed by atoms with van der Waals surface area (Å²) in [4.78, 5) is 6.34. The fraction of sp³-hybridized carbons (Fsp3) is 0.389. The van der Waals surface area contributed by atoms with Crippen molar-refractivity contribution < 1.29 is 14.2 Å². The van der Waals surface area contributed by atoms with Gasteiger partial charge in [-0.3, -0.25) is 9.88 Å². The number of hydrogen-bond acceptors (Lipinski definition) is 4. The Morgan fingerprint density at radius 2 is 1.96 bits per heavy atom. The van der Waals surface area contributed by atoms with Gasteiger partial charge in [-0.25, -0.2) is 4.39 Å². The predicted molar refractivity (Wildman–Crippen MR) is 87.3 cm³/mol. The van der Waals surface area contributed by atoms with E-state index in [4.69, 9.17) is 4.74 Å². The fourth-order valence-electron chi connectivity index (χ4n) is 2.31. The molecule has 0 fully saturated rings. The van der Waals surface area contributed by atoms with Crippen LogP contribution in [-0.4, -0.2) is 41.3 Å². The van der Waals surface area contributed by atoms with Crippen molar-refractivity contribution in [1.82, 2.24) is 9.88 Å². The van der Waals surface area contributed by atoms with Crippen LogP contribution in [0.4, 0.5) is 4.39 Å². The molecule has 0 radical (unpaired) electrons. The van der Waals surface area contributed by atoms with Crippen LogP contribution in [0.2, 0.25) is 0 Å². The second-order valence-electron chi connectivity index (χ2n) is 5.63. The zero-order chi connectivity index (χ0) is 16.7. The van der Waals surface area contributed by atoms with Crippen LogP contribution in [0, 0.1) is 5.82 Å². The molecule has 1 N–H and O–H groups in total. The van der Waals surface area contributed by atoms with Gasteiger partial charge in [-0.15, -0.1) is 0 Å². The molecule has 0 aliphatic heterocycles. The molecule has 2 atom stereocenters. The molecule has 0 aliphatic carbocycles. The van der Waals surface area contributed by atoms with E-state index in [0.29, 0.717) is 12.1 Å². The van der Waals surface area contributed by atoms with Crippen LogP contribution in [0.15, 0.2) is 48.7 Å². The van der Waals surface area contributed by atoms with Crippen molar-refractivity contribution in [2.75, 3.05) is 20.2 Å². The summed E-state index contributed by atoms with van der Waals surface area (Å²) in [5, 5.41) is 10.1. The number of hydrogen-bond donors (Lipinski definition) is 1. The Balaban J connectivity index is 1.76. The normalized spacial score (nSPS) is 14.0. The topological polar surface area (TPSA) is 45.6 Å². The largest absolute Gasteiger partial charge is 0.389 e. The van der Waals surface area contributed by atoms with Crippen LogP contribution in [0.25, 0.3) is 0 Å². The number of rotatable bonds is 8. The monoisotopic (exact) mass is 318 g/mol. The number of pyridine rings is 1. The SMILES string of the molecule is CC(c1ccccn1)N(C)CC(O)COCc1ccccc1F. The van der Waals surface area contributed by atoms with Crippen molar-refractivity contribution in [3.63, 3.8) is 0 Å². The van der Waals surface area contributed by atoms with Gasteiger partial charge in [-0.1, -0.05) is 24.3 Å². The number of benzene rings is 1. The fourth-order valence-corrected chi connectivity index (χ4v) is 2.31. The Morgan fingerprint density at radius 1 is 1.22 bits per heavy atom. The smallest absolute Gasteiger partial charge is 0.128 e. The van der Waals surface area contributed by atoms with Crippen LogP contribution in [-0.2, 0) is 11.3 Å². The van der Waals surface area contributed by atoms with Crippen LogP contribution in [0.3, 0.4) is 0 Å². The summed E-state index contributed by atoms with van der Waals surface area (Å²) in [7, 11) is 1.93. The van der Waals surface area contributed by atoms with Crippen molar-refractivity contribution in [2.45, 2.75) is 25.7 Å². The molecule has 0 aliphatic rings. The van der Waals surface area contributed by atoms with Crippen molar-refractivity contribution in [3.05, 3.63) is 65.7 Å². The number of aliphatic hydroxyl groups excluding tert-OH is 1. The zero-order valence-corrected chi connectivity index (χ0v) is 13.5. The van der Waals surface area contributed by atoms with Gasteiger partial charge < -0.3 is 9.84 Å². The molecule has 0 saturated heterocycles. The first-order valence-corrected chi connectivity index (χ1v) is 7.68. The first-order valence-electron chi connectivity index (χ1n) is 7.68. The summed E-state index contributed by atoms with van der Waals surface area (Å²) in [5.74, 6) is -0.289. The molecule has 0 saturated carbocycles. The van der Waals surface area contributed by atoms with Crippen molar-refractivity contribution in [1.29, 1.82) is 0 Å². The average molecular weight is 318 g/mol. The van der Waals surface area contributed by atoms with Crippen LogP contribution >= 0.6 is 0 Å². The van der Waals surface area contributed by atoms with E-state index in [2.05, 4.69) is 4.98 Å². The van der Waals surface area contributed by atoms with E-state index in [-0.39, 0.29) is 25.1 Å². The van der Waals surface area contributed by atoms with Crippen molar-refractivity contribution in [2.24, 2.45) is 0 Å². The van der Waals surface area contributed by atoms with Crippen molar-refractivity contribution >= 4 is 0 Å². The number of halogens is 1. The maximum absolute atomic E-state index is 13.5. The van der Waals surface area contributed by atoms with Crippen molar-refractivity contribution in [3.8, 4) is 0 Å². The lowest BCUT2D eigenvalue weighted by Gasteiger charge is -2.26. The standard InChI is InChI=1S/C18H23FN2O2/c1-14(18-9-5-6-10-20-18)21(2)11-16(22)13-23-12-15-7-3-4-8-17(15)19/h3-10,14,16,22H,11-13H2,1-2H3. The summed E-state index contributed by atoms with van der Waals surface area (Å²) in [6.07, 6.45) is 1.12. The third-order valence-corrected chi connectivity index (χ3v) is 3.80. The van der Waals surface area contributed by atoms with E-state index >= 15 is 0 Å². The summed E-state index contributed by atoms with van der Waals surface area (Å²) in [6, 6.07) is 12.4. The highest BCUT2D eigenvalue weighted by molar-refractivity contribution is 5.16. The average Bonchev–Trinajstić information content (AvgIpc) is 2.56. The summed E-state index contributed by atoms with van der Waals surface area (Å²) >= 11 is 0. The number of ether oxygens (including phenoxy) is 1. The number of likely N-dealkylation sites (N-methyl/N-ethyl adjacent to an activating group) is 1. The van der Waals surface area contributed by atoms with Crippen LogP contribution in [0.5, 0.6) is 0 Å². The third kappa shape index (κ3) is 5.39. The first kappa shape index (κ1) is 17.5. The Morgan fingerprint density at radius 3 is 2.65 bits per heavy atom. The lowest BCUT2D eigenvalue weighted by molar-refractivity contribution is 0.00755. The molecule has 23 heavy (non-hydrogen) atoms. The first-order chi connectivity index (χ1) is 11.1. The van der Waals surface area contributed by atoms with E-state index in [9.17, 15) is 9.50 Å². The zero-order valence-electron chi connectivity index (χ0n) is 13.5. The Kier molecular flexibility index (Phi) is 6.65. The molecule has 5 heteroatoms. The molecule has 4 nitrogen and oxygen atoms in total. The number of nitrogens with zero attached hydrogens (tertiary/aromatic N) is 2. The molecule has 2 unspecified atom stereocenters. The molecule has 1 heterocycles. The van der Waals surface area contributed by atoms with Gasteiger partial charge in [0.15, 0.2) is 0 Å². The maximum atomic E-state index is 13.5. The van der Waals surface area contributed by atoms with Gasteiger partial charge in [0, 0.05) is 24.3 Å². The van der Waals surface area contributed by atoms with E-state index < -0.39 is 6.10 Å². The molecule has 0 bridgehead atoms. The van der Waals surface area contributed by atoms with Crippen LogP contribution < -0.4 is 0 Å². The lowest BCUT2D eigenvalue weighted by Crippen LogP contribution is -2.34. The quantitative estimate of drug-likeness (QED) is 0.813. The summed E-state index contributed by atoms with van der Waals surface area (Å²) < 4.78 is 18.9. The van der Waals surface area contributed by atoms with Gasteiger partial charge in [-0.05, 0) is 32.2 Å². The second-order valence-corrected chi connectivity index (χ2v) is 5.63. The second kappa shape index (κ2) is 8.72. The Labute approximate surface area is 136 Å². The van der Waals surface area contributed by atoms with Gasteiger partial charge >= 0.3 is 0 Å². The van der Waals surface area contributed by atoms with Gasteiger partial charge in [0.2, 0.25) is 0 Å². The highest BCUT2D eigenvalue weighted by atomic mass is 19.1. The Hall–Kier alpha value is -1.82. The molecule has 1 aromatic heterocycles. The molecule has 2 rings (SSSR count). The third-order valence-electron chi connectivity index (χ3n) is 3.80. The van der Waals surface area contributed by atoms with E-state index in [1.165, 1.54) is 6.07 Å². The highest BCUT2D eigenvalue weighted by Crippen LogP contribution is 2.16. The summed E-state index contributed by atoms with van der Waals surface area (Å²) in [6.45, 7) is 2.81. The van der Waals surface area contributed by atoms with E-state index in [0.717, 1.165) is 5.69 Å². The Bertz CT molecular complexity index is 595. The maximum Gasteiger partial charge on any atom is 0.128 e. The minimum Gasteiger partial charge on any atom is -0.389 e. The highest BCUT2D eigenvalue weighted by Gasteiger charge is 2.16. The van der Waals surface area contributed by atoms with Gasteiger partial charge in [0.05, 0.1) is 25.0 Å². The minimum absolute atomic E-state index is 0.0948. The molecule has 2 aromatic rings. The molecule has 0 amide bonds. The minimum atomic E-state index is -0.641. The molecule has 1 aromatic carbocycles. The van der Waals surface area contributed by atoms with E-state index in [1.807, 2.05) is 37.1 Å². The lowest BCUT2D eigenvalue weighted by atomic mass is 10.2.